The fourth-order valence-electron chi connectivity index (χ4n) is 1.78. The van der Waals surface area contributed by atoms with Gasteiger partial charge in [0.05, 0.1) is 6.54 Å². The zero-order valence-electron chi connectivity index (χ0n) is 16.3. The number of rotatable bonds is 2. The minimum Gasteiger partial charge on any atom is -0.444 e. The van der Waals surface area contributed by atoms with Crippen LogP contribution in [0.15, 0.2) is 23.2 Å². The van der Waals surface area contributed by atoms with Crippen molar-refractivity contribution in [3.63, 3.8) is 0 Å². The first kappa shape index (κ1) is 23.0. The number of benzene rings is 1. The molecule has 0 heterocycles. The van der Waals surface area contributed by atoms with Crippen LogP contribution >= 0.6 is 23.2 Å². The van der Waals surface area contributed by atoms with Gasteiger partial charge in [-0.3, -0.25) is 10.6 Å². The minimum atomic E-state index is -0.763. The predicted octanol–water partition coefficient (Wildman–Crippen LogP) is 4.90. The van der Waals surface area contributed by atoms with E-state index in [0.717, 1.165) is 0 Å². The summed E-state index contributed by atoms with van der Waals surface area (Å²) in [5.74, 6) is -0.116. The fraction of sp³-hybridized carbons (Fsp3) is 0.500. The zero-order chi connectivity index (χ0) is 20.8. The zero-order valence-corrected chi connectivity index (χ0v) is 17.8. The average Bonchev–Trinajstić information content (AvgIpc) is 2.39. The Hall–Kier alpha value is -1.99. The van der Waals surface area contributed by atoms with E-state index in [4.69, 9.17) is 32.7 Å². The molecule has 9 heteroatoms. The molecule has 7 nitrogen and oxygen atoms in total. The monoisotopic (exact) mass is 417 g/mol. The largest absolute Gasteiger partial charge is 0.444 e. The van der Waals surface area contributed by atoms with Gasteiger partial charge in [-0.1, -0.05) is 23.2 Å². The predicted molar refractivity (Wildman–Crippen MR) is 106 cm³/mol. The summed E-state index contributed by atoms with van der Waals surface area (Å²) in [4.78, 5) is 28.2. The number of hydrogen-bond acceptors (Lipinski definition) is 5. The third-order valence-corrected chi connectivity index (χ3v) is 3.02. The summed E-state index contributed by atoms with van der Waals surface area (Å²) < 4.78 is 10.4. The summed E-state index contributed by atoms with van der Waals surface area (Å²) in [6.07, 6.45) is -1.53. The number of carbonyl (C=O) groups excluding carboxylic acids is 2. The van der Waals surface area contributed by atoms with Crippen molar-refractivity contribution in [3.05, 3.63) is 33.8 Å². The van der Waals surface area contributed by atoms with Gasteiger partial charge in [0.15, 0.2) is 0 Å². The molecule has 0 spiro atoms. The van der Waals surface area contributed by atoms with Crippen LogP contribution < -0.4 is 10.6 Å². The maximum Gasteiger partial charge on any atom is 0.414 e. The molecule has 0 aliphatic heterocycles. The number of ether oxygens (including phenoxy) is 2. The van der Waals surface area contributed by atoms with Crippen LogP contribution in [0.2, 0.25) is 10.0 Å². The molecule has 0 saturated carbocycles. The molecule has 0 atom stereocenters. The van der Waals surface area contributed by atoms with Gasteiger partial charge < -0.3 is 9.47 Å². The number of alkyl carbamates (subject to hydrolysis) is 2. The van der Waals surface area contributed by atoms with Crippen molar-refractivity contribution in [2.75, 3.05) is 0 Å². The number of guanidine groups is 1. The lowest BCUT2D eigenvalue weighted by atomic mass is 10.2. The lowest BCUT2D eigenvalue weighted by Gasteiger charge is -2.22. The topological polar surface area (TPSA) is 89.0 Å². The van der Waals surface area contributed by atoms with Crippen LogP contribution in [-0.4, -0.2) is 29.3 Å². The second-order valence-corrected chi connectivity index (χ2v) is 8.57. The Bertz CT molecular complexity index is 670. The quantitative estimate of drug-likeness (QED) is 0.528. The van der Waals surface area contributed by atoms with Gasteiger partial charge in [-0.25, -0.2) is 14.6 Å². The van der Waals surface area contributed by atoms with Gasteiger partial charge in [-0.2, -0.15) is 0 Å². The molecule has 0 saturated heterocycles. The van der Waals surface area contributed by atoms with Crippen molar-refractivity contribution < 1.29 is 19.1 Å². The molecule has 0 aromatic heterocycles. The summed E-state index contributed by atoms with van der Waals surface area (Å²) in [6, 6.07) is 4.94. The lowest BCUT2D eigenvalue weighted by molar-refractivity contribution is 0.0545. The molecule has 2 amide bonds. The maximum absolute atomic E-state index is 12.0. The normalized spacial score (nSPS) is 11.4. The van der Waals surface area contributed by atoms with E-state index < -0.39 is 23.4 Å². The lowest BCUT2D eigenvalue weighted by Crippen LogP contribution is -2.47. The van der Waals surface area contributed by atoms with Crippen LogP contribution in [0.1, 0.15) is 47.1 Å². The fourth-order valence-corrected chi connectivity index (χ4v) is 2.35. The molecule has 0 aliphatic rings. The number of aliphatic imine (C=N–C) groups is 1. The van der Waals surface area contributed by atoms with E-state index in [1.54, 1.807) is 59.7 Å². The molecule has 0 unspecified atom stereocenters. The summed E-state index contributed by atoms with van der Waals surface area (Å²) in [5, 5.41) is 5.71. The molecular formula is C18H25Cl2N3O4. The highest BCUT2D eigenvalue weighted by Gasteiger charge is 2.21. The van der Waals surface area contributed by atoms with Gasteiger partial charge in [0, 0.05) is 10.0 Å². The van der Waals surface area contributed by atoms with Crippen molar-refractivity contribution in [3.8, 4) is 0 Å². The smallest absolute Gasteiger partial charge is 0.414 e. The van der Waals surface area contributed by atoms with Crippen LogP contribution in [0.25, 0.3) is 0 Å². The van der Waals surface area contributed by atoms with Crippen molar-refractivity contribution in [2.24, 2.45) is 4.99 Å². The Labute approximate surface area is 169 Å². The first-order chi connectivity index (χ1) is 12.2. The van der Waals surface area contributed by atoms with E-state index in [1.165, 1.54) is 0 Å². The second kappa shape index (κ2) is 9.28. The summed E-state index contributed by atoms with van der Waals surface area (Å²) in [5.41, 5.74) is -0.717. The van der Waals surface area contributed by atoms with E-state index >= 15 is 0 Å². The van der Waals surface area contributed by atoms with E-state index in [0.29, 0.717) is 15.6 Å². The molecule has 0 bridgehead atoms. The maximum atomic E-state index is 12.0. The first-order valence-electron chi connectivity index (χ1n) is 8.23. The first-order valence-corrected chi connectivity index (χ1v) is 8.98. The third kappa shape index (κ3) is 10.7. The molecule has 0 fully saturated rings. The van der Waals surface area contributed by atoms with E-state index in [2.05, 4.69) is 15.6 Å². The van der Waals surface area contributed by atoms with Gasteiger partial charge >= 0.3 is 12.2 Å². The molecule has 0 aliphatic carbocycles. The highest BCUT2D eigenvalue weighted by molar-refractivity contribution is 6.34. The van der Waals surface area contributed by atoms with E-state index in [1.807, 2.05) is 0 Å². The van der Waals surface area contributed by atoms with Crippen LogP contribution in [-0.2, 0) is 16.0 Å². The standard InChI is InChI=1S/C18H25Cl2N3O4/c1-17(2,3)26-15(24)22-14(23-16(25)27-18(4,5)6)21-10-11-7-12(19)9-13(20)8-11/h7-9H,10H2,1-6H3,(H2,21,22,23,24,25). The van der Waals surface area contributed by atoms with Gasteiger partial charge in [-0.15, -0.1) is 0 Å². The second-order valence-electron chi connectivity index (χ2n) is 7.70. The van der Waals surface area contributed by atoms with Crippen LogP contribution in [0.5, 0.6) is 0 Å². The Balaban J connectivity index is 2.94. The minimum absolute atomic E-state index is 0.112. The summed E-state index contributed by atoms with van der Waals surface area (Å²) in [7, 11) is 0. The van der Waals surface area contributed by atoms with Gasteiger partial charge in [0.1, 0.15) is 11.2 Å². The number of carbonyl (C=O) groups is 2. The molecular weight excluding hydrogens is 393 g/mol. The Morgan fingerprint density at radius 2 is 1.30 bits per heavy atom. The van der Waals surface area contributed by atoms with Crippen molar-refractivity contribution in [1.82, 2.24) is 10.6 Å². The highest BCUT2D eigenvalue weighted by Crippen LogP contribution is 2.19. The molecule has 1 aromatic carbocycles. The SMILES string of the molecule is CC(C)(C)OC(=O)NC(=NCc1cc(Cl)cc(Cl)c1)NC(=O)OC(C)(C)C. The Morgan fingerprint density at radius 3 is 1.67 bits per heavy atom. The van der Waals surface area contributed by atoms with Crippen molar-refractivity contribution >= 4 is 41.3 Å². The van der Waals surface area contributed by atoms with Crippen LogP contribution in [0, 0.1) is 0 Å². The molecule has 150 valence electrons. The number of nitrogens with one attached hydrogen (secondary N) is 2. The average molecular weight is 418 g/mol. The summed E-state index contributed by atoms with van der Waals surface area (Å²) >= 11 is 11.9. The molecule has 0 radical (unpaired) electrons. The van der Waals surface area contributed by atoms with Gasteiger partial charge in [-0.05, 0) is 65.3 Å². The van der Waals surface area contributed by atoms with Crippen LogP contribution in [0.3, 0.4) is 0 Å². The van der Waals surface area contributed by atoms with E-state index in [-0.39, 0.29) is 12.5 Å². The van der Waals surface area contributed by atoms with Crippen molar-refractivity contribution in [2.45, 2.75) is 59.3 Å². The third-order valence-electron chi connectivity index (χ3n) is 2.58. The van der Waals surface area contributed by atoms with Crippen molar-refractivity contribution in [1.29, 1.82) is 0 Å². The number of halogens is 2. The van der Waals surface area contributed by atoms with Gasteiger partial charge in [0.2, 0.25) is 5.96 Å². The Kier molecular flexibility index (Phi) is 7.92. The molecule has 1 rings (SSSR count). The number of amides is 2. The number of nitrogens with zero attached hydrogens (tertiary/aromatic N) is 1. The van der Waals surface area contributed by atoms with E-state index in [9.17, 15) is 9.59 Å². The molecule has 2 N–H and O–H groups in total. The van der Waals surface area contributed by atoms with Crippen LogP contribution in [0.4, 0.5) is 9.59 Å². The Morgan fingerprint density at radius 1 is 0.889 bits per heavy atom. The highest BCUT2D eigenvalue weighted by atomic mass is 35.5. The molecule has 27 heavy (non-hydrogen) atoms. The summed E-state index contributed by atoms with van der Waals surface area (Å²) in [6.45, 7) is 10.4. The molecule has 1 aromatic rings. The number of hydrogen-bond donors (Lipinski definition) is 2. The van der Waals surface area contributed by atoms with Gasteiger partial charge in [0.25, 0.3) is 0 Å².